The topological polar surface area (TPSA) is 23.8 Å². The number of hydrogen-bond acceptors (Lipinski definition) is 1. The molecule has 2 rings (SSSR count). The molecule has 0 aromatic heterocycles. The van der Waals surface area contributed by atoms with Crippen LogP contribution in [0.3, 0.4) is 0 Å². The molecule has 2 saturated carbocycles. The monoisotopic (exact) mass is 177 g/mol. The zero-order valence-electron chi connectivity index (χ0n) is 8.39. The van der Waals surface area contributed by atoms with Crippen LogP contribution in [0.4, 0.5) is 0 Å². The van der Waals surface area contributed by atoms with Gasteiger partial charge >= 0.3 is 0 Å². The Labute approximate surface area is 81.1 Å². The van der Waals surface area contributed by atoms with Crippen molar-refractivity contribution in [3.8, 4) is 6.07 Å². The van der Waals surface area contributed by atoms with Gasteiger partial charge in [-0.25, -0.2) is 0 Å². The summed E-state index contributed by atoms with van der Waals surface area (Å²) in [6.45, 7) is 0. The molecule has 2 fully saturated rings. The van der Waals surface area contributed by atoms with E-state index in [1.54, 1.807) is 0 Å². The molecule has 0 N–H and O–H groups in total. The first-order chi connectivity index (χ1) is 6.35. The highest BCUT2D eigenvalue weighted by Gasteiger charge is 2.37. The highest BCUT2D eigenvalue weighted by Crippen LogP contribution is 2.45. The van der Waals surface area contributed by atoms with E-state index in [4.69, 9.17) is 5.26 Å². The van der Waals surface area contributed by atoms with Crippen molar-refractivity contribution in [1.82, 2.24) is 0 Å². The van der Waals surface area contributed by atoms with Crippen LogP contribution < -0.4 is 0 Å². The summed E-state index contributed by atoms with van der Waals surface area (Å²) in [5, 5.41) is 9.06. The summed E-state index contributed by atoms with van der Waals surface area (Å²) in [4.78, 5) is 0. The van der Waals surface area contributed by atoms with Crippen LogP contribution in [0.25, 0.3) is 0 Å². The minimum absolute atomic E-state index is 0.128. The highest BCUT2D eigenvalue weighted by molar-refractivity contribution is 5.04. The summed E-state index contributed by atoms with van der Waals surface area (Å²) in [5.74, 6) is 0.964. The van der Waals surface area contributed by atoms with Gasteiger partial charge in [0.05, 0.1) is 11.5 Å². The largest absolute Gasteiger partial charge is 0.198 e. The fourth-order valence-corrected chi connectivity index (χ4v) is 2.80. The zero-order chi connectivity index (χ0) is 9.15. The summed E-state index contributed by atoms with van der Waals surface area (Å²) < 4.78 is 0. The van der Waals surface area contributed by atoms with E-state index in [-0.39, 0.29) is 5.41 Å². The molecule has 0 spiro atoms. The molecule has 0 unspecified atom stereocenters. The van der Waals surface area contributed by atoms with E-state index in [2.05, 4.69) is 6.07 Å². The standard InChI is InChI=1S/C12H19N/c13-10-12(7-3-8-12)9-6-11-4-1-2-5-11/h11H,1-9H2. The number of nitriles is 1. The summed E-state index contributed by atoms with van der Waals surface area (Å²) >= 11 is 0. The van der Waals surface area contributed by atoms with Crippen LogP contribution in [-0.2, 0) is 0 Å². The van der Waals surface area contributed by atoms with E-state index < -0.39 is 0 Å². The molecule has 2 aliphatic rings. The molecular weight excluding hydrogens is 158 g/mol. The van der Waals surface area contributed by atoms with Crippen LogP contribution in [0.2, 0.25) is 0 Å². The molecule has 0 radical (unpaired) electrons. The Morgan fingerprint density at radius 3 is 2.31 bits per heavy atom. The Hall–Kier alpha value is -0.510. The van der Waals surface area contributed by atoms with Crippen molar-refractivity contribution in [2.24, 2.45) is 11.3 Å². The minimum Gasteiger partial charge on any atom is -0.198 e. The van der Waals surface area contributed by atoms with Crippen molar-refractivity contribution >= 4 is 0 Å². The van der Waals surface area contributed by atoms with Gasteiger partial charge < -0.3 is 0 Å². The number of nitrogens with zero attached hydrogens (tertiary/aromatic N) is 1. The normalized spacial score (nSPS) is 26.7. The summed E-state index contributed by atoms with van der Waals surface area (Å²) in [7, 11) is 0. The van der Waals surface area contributed by atoms with Crippen molar-refractivity contribution in [1.29, 1.82) is 5.26 Å². The van der Waals surface area contributed by atoms with Gasteiger partial charge in [0.15, 0.2) is 0 Å². The predicted molar refractivity (Wildman–Crippen MR) is 53.1 cm³/mol. The van der Waals surface area contributed by atoms with Crippen LogP contribution in [-0.4, -0.2) is 0 Å². The molecule has 0 aliphatic heterocycles. The SMILES string of the molecule is N#CC1(CCC2CCCC2)CCC1. The lowest BCUT2D eigenvalue weighted by Crippen LogP contribution is -2.27. The van der Waals surface area contributed by atoms with Crippen molar-refractivity contribution in [2.75, 3.05) is 0 Å². The lowest BCUT2D eigenvalue weighted by Gasteiger charge is -2.35. The number of rotatable bonds is 3. The zero-order valence-corrected chi connectivity index (χ0v) is 8.39. The van der Waals surface area contributed by atoms with Gasteiger partial charge in [-0.3, -0.25) is 0 Å². The molecule has 72 valence electrons. The molecule has 2 aliphatic carbocycles. The van der Waals surface area contributed by atoms with Crippen LogP contribution in [0.1, 0.15) is 57.8 Å². The van der Waals surface area contributed by atoms with E-state index >= 15 is 0 Å². The van der Waals surface area contributed by atoms with E-state index in [1.807, 2.05) is 0 Å². The third-order valence-corrected chi connectivity index (χ3v) is 4.05. The van der Waals surface area contributed by atoms with E-state index in [0.29, 0.717) is 0 Å². The van der Waals surface area contributed by atoms with Crippen molar-refractivity contribution in [3.05, 3.63) is 0 Å². The quantitative estimate of drug-likeness (QED) is 0.645. The van der Waals surface area contributed by atoms with Crippen molar-refractivity contribution in [2.45, 2.75) is 57.8 Å². The first kappa shape index (κ1) is 9.06. The summed E-state index contributed by atoms with van der Waals surface area (Å²) in [6.07, 6.45) is 11.9. The van der Waals surface area contributed by atoms with Crippen molar-refractivity contribution < 1.29 is 0 Å². The third-order valence-electron chi connectivity index (χ3n) is 4.05. The highest BCUT2D eigenvalue weighted by atomic mass is 14.4. The first-order valence-electron chi connectivity index (χ1n) is 5.76. The van der Waals surface area contributed by atoms with E-state index in [9.17, 15) is 0 Å². The smallest absolute Gasteiger partial charge is 0.0689 e. The maximum atomic E-state index is 9.06. The van der Waals surface area contributed by atoms with Gasteiger partial charge in [0, 0.05) is 0 Å². The van der Waals surface area contributed by atoms with Gasteiger partial charge in [-0.05, 0) is 31.6 Å². The van der Waals surface area contributed by atoms with Crippen molar-refractivity contribution in [3.63, 3.8) is 0 Å². The molecule has 13 heavy (non-hydrogen) atoms. The molecule has 0 aromatic carbocycles. The third kappa shape index (κ3) is 1.88. The summed E-state index contributed by atoms with van der Waals surface area (Å²) in [6, 6.07) is 2.54. The molecule has 1 heteroatoms. The van der Waals surface area contributed by atoms with Crippen LogP contribution in [0.15, 0.2) is 0 Å². The number of hydrogen-bond donors (Lipinski definition) is 0. The van der Waals surface area contributed by atoms with Gasteiger partial charge in [0.2, 0.25) is 0 Å². The molecule has 0 amide bonds. The Morgan fingerprint density at radius 2 is 1.85 bits per heavy atom. The van der Waals surface area contributed by atoms with Gasteiger partial charge in [-0.2, -0.15) is 5.26 Å². The average Bonchev–Trinajstić information content (AvgIpc) is 2.56. The Morgan fingerprint density at radius 1 is 1.15 bits per heavy atom. The molecule has 0 aromatic rings. The average molecular weight is 177 g/mol. The second-order valence-corrected chi connectivity index (χ2v) is 4.93. The lowest BCUT2D eigenvalue weighted by molar-refractivity contribution is 0.181. The van der Waals surface area contributed by atoms with Crippen LogP contribution >= 0.6 is 0 Å². The molecule has 1 nitrogen and oxygen atoms in total. The molecule has 0 bridgehead atoms. The van der Waals surface area contributed by atoms with Crippen LogP contribution in [0, 0.1) is 22.7 Å². The van der Waals surface area contributed by atoms with Gasteiger partial charge in [-0.15, -0.1) is 0 Å². The molecule has 0 saturated heterocycles. The summed E-state index contributed by atoms with van der Waals surface area (Å²) in [5.41, 5.74) is 0.128. The maximum Gasteiger partial charge on any atom is 0.0689 e. The van der Waals surface area contributed by atoms with Gasteiger partial charge in [-0.1, -0.05) is 32.1 Å². The Balaban J connectivity index is 1.75. The lowest BCUT2D eigenvalue weighted by atomic mass is 9.66. The molecule has 0 heterocycles. The minimum atomic E-state index is 0.128. The maximum absolute atomic E-state index is 9.06. The molecule has 0 atom stereocenters. The Kier molecular flexibility index (Phi) is 2.58. The molecular formula is C12H19N. The second kappa shape index (κ2) is 3.70. The Bertz CT molecular complexity index is 204. The van der Waals surface area contributed by atoms with Crippen LogP contribution in [0.5, 0.6) is 0 Å². The van der Waals surface area contributed by atoms with Gasteiger partial charge in [0.25, 0.3) is 0 Å². The predicted octanol–water partition coefficient (Wildman–Crippen LogP) is 3.65. The van der Waals surface area contributed by atoms with E-state index in [1.165, 1.54) is 57.8 Å². The van der Waals surface area contributed by atoms with Gasteiger partial charge in [0.1, 0.15) is 0 Å². The van der Waals surface area contributed by atoms with E-state index in [0.717, 1.165) is 5.92 Å². The first-order valence-corrected chi connectivity index (χ1v) is 5.76. The fourth-order valence-electron chi connectivity index (χ4n) is 2.80. The second-order valence-electron chi connectivity index (χ2n) is 4.93. The fraction of sp³-hybridized carbons (Fsp3) is 0.917.